The van der Waals surface area contributed by atoms with E-state index in [1.54, 1.807) is 32.3 Å². The van der Waals surface area contributed by atoms with Crippen LogP contribution >= 0.6 is 0 Å². The molecule has 0 saturated carbocycles. The summed E-state index contributed by atoms with van der Waals surface area (Å²) < 4.78 is 40.4. The number of pyridine rings is 3. The van der Waals surface area contributed by atoms with Crippen LogP contribution in [0.2, 0.25) is 0 Å². The Labute approximate surface area is 518 Å². The van der Waals surface area contributed by atoms with E-state index in [2.05, 4.69) is 42.0 Å². The van der Waals surface area contributed by atoms with E-state index in [4.69, 9.17) is 28.4 Å². The van der Waals surface area contributed by atoms with Crippen molar-refractivity contribution in [2.75, 3.05) is 79.1 Å². The topological polar surface area (TPSA) is 281 Å². The molecule has 23 nitrogen and oxygen atoms in total. The summed E-state index contributed by atoms with van der Waals surface area (Å²) in [4.78, 5) is 109. The van der Waals surface area contributed by atoms with Gasteiger partial charge in [-0.3, -0.25) is 43.7 Å². The number of hydrogen-bond acceptors (Lipinski definition) is 15. The van der Waals surface area contributed by atoms with Crippen LogP contribution in [0, 0.1) is 10.1 Å². The largest absolute Gasteiger partial charge is 0.487 e. The van der Waals surface area contributed by atoms with Crippen LogP contribution in [0.3, 0.4) is 0 Å². The Morgan fingerprint density at radius 3 is 1.03 bits per heavy atom. The number of carbonyl (C=O) groups excluding carboxylic acids is 4. The molecule has 0 radical (unpaired) electrons. The van der Waals surface area contributed by atoms with Gasteiger partial charge in [0.2, 0.25) is 16.3 Å². The first-order valence-corrected chi connectivity index (χ1v) is 31.9. The number of non-ortho nitro benzene ring substituents is 1. The highest BCUT2D eigenvalue weighted by atomic mass is 16.6. The molecule has 4 amide bonds. The van der Waals surface area contributed by atoms with Crippen molar-refractivity contribution >= 4 is 29.3 Å². The van der Waals surface area contributed by atoms with Gasteiger partial charge in [0.25, 0.3) is 29.3 Å². The van der Waals surface area contributed by atoms with E-state index < -0.39 is 50.4 Å². The molecule has 0 unspecified atom stereocenters. The standard InChI is InChI=1S/C65H98N8O15/c1-7-13-41-83-47-38-70-35-26-52(74)58(86-44-16-10-4)55(70)62(78)66-32-19-29-65(69-61(77)50-22-24-51(25-23-50)73(81)82,30-20-33-67-63(79)56-59(87-45-17-11-5)53(75)27-36-71(56)39-48-84-42-14-8-2)31-21-34-68-64(80)57-60(88-46-18-12-6)54(76)28-37-72(57)40-49-85-43-15-9-3/h22-28,35-37H,7-21,29-34,38-49H2,1-6H3,(H,66,78)(H,67,79)(H,68,80)(H,69,77). The van der Waals surface area contributed by atoms with Crippen LogP contribution in [0.15, 0.2) is 75.4 Å². The number of benzene rings is 1. The van der Waals surface area contributed by atoms with Gasteiger partial charge in [0.05, 0.1) is 44.6 Å². The Kier molecular flexibility index (Phi) is 34.7. The SMILES string of the molecule is CCCCOCCn1ccc(=O)c(OCCCC)c1C(=O)NCCCC(CCCNC(=O)c1c(OCCCC)c(=O)ccn1CCOCCCC)(CCCNC(=O)c1c(OCCCC)c(=O)ccn1CCOCCCC)NC(=O)c1ccc([N+](=O)[O-])cc1. The number of amides is 4. The highest BCUT2D eigenvalue weighted by Crippen LogP contribution is 2.28. The number of nitro groups is 1. The van der Waals surface area contributed by atoms with Gasteiger partial charge in [0.1, 0.15) is 0 Å². The van der Waals surface area contributed by atoms with Gasteiger partial charge in [0.15, 0.2) is 34.3 Å². The van der Waals surface area contributed by atoms with Crippen molar-refractivity contribution in [2.24, 2.45) is 0 Å². The van der Waals surface area contributed by atoms with Crippen molar-refractivity contribution in [1.82, 2.24) is 35.0 Å². The number of hydrogen-bond donors (Lipinski definition) is 4. The van der Waals surface area contributed by atoms with Crippen LogP contribution in [0.1, 0.15) is 199 Å². The lowest BCUT2D eigenvalue weighted by Crippen LogP contribution is -2.50. The third-order valence-electron chi connectivity index (χ3n) is 14.7. The zero-order valence-corrected chi connectivity index (χ0v) is 53.0. The molecule has 0 fully saturated rings. The Morgan fingerprint density at radius 1 is 0.432 bits per heavy atom. The quantitative estimate of drug-likeness (QED) is 0.0182. The van der Waals surface area contributed by atoms with E-state index in [0.717, 1.165) is 57.8 Å². The Hall–Kier alpha value is -7.37. The molecule has 0 aliphatic carbocycles. The summed E-state index contributed by atoms with van der Waals surface area (Å²) in [5, 5.41) is 23.9. The summed E-state index contributed by atoms with van der Waals surface area (Å²) in [7, 11) is 0. The number of aromatic nitrogens is 3. The lowest BCUT2D eigenvalue weighted by atomic mass is 9.83. The predicted molar refractivity (Wildman–Crippen MR) is 338 cm³/mol. The number of nitro benzene ring substituents is 1. The molecule has 4 aromatic rings. The van der Waals surface area contributed by atoms with E-state index >= 15 is 0 Å². The molecule has 0 saturated heterocycles. The fraction of sp³-hybridized carbons (Fsp3) is 0.615. The smallest absolute Gasteiger partial charge is 0.271 e. The minimum absolute atomic E-state index is 0.0467. The average Bonchev–Trinajstić information content (AvgIpc) is 1.70. The first-order chi connectivity index (χ1) is 42.7. The van der Waals surface area contributed by atoms with Gasteiger partial charge in [-0.1, -0.05) is 80.1 Å². The third-order valence-corrected chi connectivity index (χ3v) is 14.7. The summed E-state index contributed by atoms with van der Waals surface area (Å²) in [6, 6.07) is 9.28. The van der Waals surface area contributed by atoms with Gasteiger partial charge in [0, 0.05) is 119 Å². The van der Waals surface area contributed by atoms with Crippen molar-refractivity contribution < 1.29 is 52.5 Å². The number of nitrogens with zero attached hydrogens (tertiary/aromatic N) is 4. The molecule has 1 aromatic carbocycles. The van der Waals surface area contributed by atoms with Crippen molar-refractivity contribution in [3.05, 3.63) is 124 Å². The maximum absolute atomic E-state index is 14.5. The second-order valence-electron chi connectivity index (χ2n) is 21.8. The van der Waals surface area contributed by atoms with Gasteiger partial charge in [-0.05, 0) is 89.2 Å². The molecule has 0 atom stereocenters. The molecular weight excluding hydrogens is 1130 g/mol. The van der Waals surface area contributed by atoms with E-state index in [1.807, 2.05) is 20.8 Å². The molecule has 4 rings (SSSR count). The minimum Gasteiger partial charge on any atom is -0.487 e. The molecule has 0 spiro atoms. The highest BCUT2D eigenvalue weighted by Gasteiger charge is 2.33. The van der Waals surface area contributed by atoms with Gasteiger partial charge in [-0.15, -0.1) is 0 Å². The fourth-order valence-electron chi connectivity index (χ4n) is 9.58. The zero-order chi connectivity index (χ0) is 63.9. The van der Waals surface area contributed by atoms with Crippen LogP contribution in [-0.2, 0) is 33.8 Å². The number of carbonyl (C=O) groups is 4. The molecule has 88 heavy (non-hydrogen) atoms. The minimum atomic E-state index is -1.14. The van der Waals surface area contributed by atoms with Crippen LogP contribution in [0.4, 0.5) is 5.69 Å². The number of unbranched alkanes of at least 4 members (excludes halogenated alkanes) is 6. The summed E-state index contributed by atoms with van der Waals surface area (Å²) in [6.45, 7) is 16.3. The summed E-state index contributed by atoms with van der Waals surface area (Å²) in [6.07, 6.45) is 15.9. The van der Waals surface area contributed by atoms with Crippen LogP contribution in [0.5, 0.6) is 17.2 Å². The van der Waals surface area contributed by atoms with Gasteiger partial charge >= 0.3 is 0 Å². The van der Waals surface area contributed by atoms with E-state index in [-0.39, 0.29) is 163 Å². The second kappa shape index (κ2) is 41.7. The van der Waals surface area contributed by atoms with Gasteiger partial charge < -0.3 is 63.4 Å². The van der Waals surface area contributed by atoms with Crippen LogP contribution in [0.25, 0.3) is 0 Å². The lowest BCUT2D eigenvalue weighted by Gasteiger charge is -2.36. The summed E-state index contributed by atoms with van der Waals surface area (Å²) in [5.74, 6) is -2.44. The Balaban J connectivity index is 1.74. The maximum atomic E-state index is 14.5. The first kappa shape index (κ1) is 73.1. The highest BCUT2D eigenvalue weighted by molar-refractivity contribution is 5.97. The third kappa shape index (κ3) is 24.7. The summed E-state index contributed by atoms with van der Waals surface area (Å²) >= 11 is 0. The number of rotatable bonds is 48. The van der Waals surface area contributed by atoms with Crippen molar-refractivity contribution in [3.8, 4) is 17.2 Å². The second-order valence-corrected chi connectivity index (χ2v) is 21.8. The molecule has 488 valence electrons. The fourth-order valence-corrected chi connectivity index (χ4v) is 9.58. The molecule has 23 heteroatoms. The average molecular weight is 1230 g/mol. The van der Waals surface area contributed by atoms with Crippen molar-refractivity contribution in [2.45, 2.75) is 182 Å². The Morgan fingerprint density at radius 2 is 0.739 bits per heavy atom. The summed E-state index contributed by atoms with van der Waals surface area (Å²) in [5.41, 5.74) is -2.43. The van der Waals surface area contributed by atoms with E-state index in [1.165, 1.54) is 42.5 Å². The molecule has 3 heterocycles. The number of ether oxygens (including phenoxy) is 6. The number of nitrogens with one attached hydrogen (secondary N) is 4. The van der Waals surface area contributed by atoms with E-state index in [9.17, 15) is 43.7 Å². The predicted octanol–water partition coefficient (Wildman–Crippen LogP) is 9.17. The van der Waals surface area contributed by atoms with Crippen molar-refractivity contribution in [1.29, 1.82) is 0 Å². The van der Waals surface area contributed by atoms with E-state index in [0.29, 0.717) is 39.1 Å². The first-order valence-electron chi connectivity index (χ1n) is 31.9. The molecule has 0 aliphatic heterocycles. The van der Waals surface area contributed by atoms with Gasteiger partial charge in [-0.2, -0.15) is 0 Å². The molecule has 4 N–H and O–H groups in total. The van der Waals surface area contributed by atoms with Gasteiger partial charge in [-0.25, -0.2) is 0 Å². The lowest BCUT2D eigenvalue weighted by molar-refractivity contribution is -0.384. The normalized spacial score (nSPS) is 11.3. The molecule has 0 aliphatic rings. The maximum Gasteiger partial charge on any atom is 0.271 e. The Bertz CT molecular complexity index is 2690. The molecule has 3 aromatic heterocycles. The monoisotopic (exact) mass is 1230 g/mol. The van der Waals surface area contributed by atoms with Crippen LogP contribution < -0.4 is 51.8 Å². The molecular formula is C65H98N8O15. The zero-order valence-electron chi connectivity index (χ0n) is 53.0. The van der Waals surface area contributed by atoms with Crippen molar-refractivity contribution in [3.63, 3.8) is 0 Å². The molecule has 0 bridgehead atoms. The van der Waals surface area contributed by atoms with Crippen LogP contribution in [-0.4, -0.2) is 127 Å².